The number of nitrogens with two attached hydrogens (primary N) is 1. The minimum absolute atomic E-state index is 0. The summed E-state index contributed by atoms with van der Waals surface area (Å²) in [5, 5.41) is 7.38. The second kappa shape index (κ2) is 8.94. The Kier molecular flexibility index (Phi) is 8.45. The first kappa shape index (κ1) is 18.9. The Hall–Kier alpha value is -1.11. The van der Waals surface area contributed by atoms with Crippen LogP contribution in [0.4, 0.5) is 0 Å². The summed E-state index contributed by atoms with van der Waals surface area (Å²) in [4.78, 5) is 24.7. The van der Waals surface area contributed by atoms with Crippen LogP contribution in [0.15, 0.2) is 17.5 Å². The van der Waals surface area contributed by atoms with Gasteiger partial charge in [0.2, 0.25) is 5.91 Å². The molecule has 5 nitrogen and oxygen atoms in total. The largest absolute Gasteiger partial charge is 0.351 e. The number of amides is 2. The van der Waals surface area contributed by atoms with Gasteiger partial charge in [-0.15, -0.1) is 23.7 Å². The van der Waals surface area contributed by atoms with Gasteiger partial charge in [0.25, 0.3) is 5.91 Å². The van der Waals surface area contributed by atoms with Crippen LogP contribution in [-0.4, -0.2) is 30.4 Å². The zero-order chi connectivity index (χ0) is 14.4. The smallest absolute Gasteiger partial charge is 0.262 e. The van der Waals surface area contributed by atoms with E-state index in [0.717, 1.165) is 0 Å². The number of rotatable bonds is 6. The van der Waals surface area contributed by atoms with Gasteiger partial charge in [0.05, 0.1) is 4.88 Å². The van der Waals surface area contributed by atoms with E-state index in [0.29, 0.717) is 11.4 Å². The van der Waals surface area contributed by atoms with E-state index >= 15 is 0 Å². The van der Waals surface area contributed by atoms with E-state index in [9.17, 15) is 9.59 Å². The molecule has 1 heterocycles. The van der Waals surface area contributed by atoms with Crippen molar-refractivity contribution in [2.45, 2.75) is 32.9 Å². The second-order valence-electron chi connectivity index (χ2n) is 4.82. The number of carbonyl (C=O) groups is 2. The maximum atomic E-state index is 12.1. The minimum atomic E-state index is -0.552. The molecule has 1 aromatic rings. The average Bonchev–Trinajstić information content (AvgIpc) is 2.88. The highest BCUT2D eigenvalue weighted by atomic mass is 35.5. The highest BCUT2D eigenvalue weighted by Gasteiger charge is 2.25. The minimum Gasteiger partial charge on any atom is -0.351 e. The van der Waals surface area contributed by atoms with Crippen LogP contribution in [0.3, 0.4) is 0 Å². The van der Waals surface area contributed by atoms with Crippen molar-refractivity contribution < 1.29 is 9.59 Å². The monoisotopic (exact) mass is 319 g/mol. The first-order valence-corrected chi connectivity index (χ1v) is 7.18. The summed E-state index contributed by atoms with van der Waals surface area (Å²) in [6.45, 7) is 5.99. The van der Waals surface area contributed by atoms with Crippen molar-refractivity contribution in [1.29, 1.82) is 0 Å². The van der Waals surface area contributed by atoms with Gasteiger partial charge in [-0.25, -0.2) is 0 Å². The fourth-order valence-electron chi connectivity index (χ4n) is 1.55. The second-order valence-corrected chi connectivity index (χ2v) is 5.77. The fraction of sp³-hybridized carbons (Fsp3) is 0.538. The molecular weight excluding hydrogens is 298 g/mol. The van der Waals surface area contributed by atoms with E-state index in [1.807, 2.05) is 26.2 Å². The summed E-state index contributed by atoms with van der Waals surface area (Å²) in [7, 11) is 0. The van der Waals surface area contributed by atoms with E-state index in [2.05, 4.69) is 10.6 Å². The Bertz CT molecular complexity index is 423. The third-order valence-corrected chi connectivity index (χ3v) is 3.59. The van der Waals surface area contributed by atoms with Gasteiger partial charge in [-0.3, -0.25) is 9.59 Å². The number of nitrogens with one attached hydrogen (secondary N) is 2. The molecule has 114 valence electrons. The molecule has 0 saturated heterocycles. The highest BCUT2D eigenvalue weighted by Crippen LogP contribution is 2.10. The van der Waals surface area contributed by atoms with Gasteiger partial charge in [0.1, 0.15) is 6.04 Å². The molecule has 20 heavy (non-hydrogen) atoms. The van der Waals surface area contributed by atoms with E-state index in [-0.39, 0.29) is 36.2 Å². The Morgan fingerprint density at radius 1 is 1.30 bits per heavy atom. The fourth-order valence-corrected chi connectivity index (χ4v) is 2.17. The lowest BCUT2D eigenvalue weighted by Gasteiger charge is -2.23. The van der Waals surface area contributed by atoms with E-state index < -0.39 is 6.04 Å². The third kappa shape index (κ3) is 5.48. The Morgan fingerprint density at radius 3 is 2.40 bits per heavy atom. The molecular formula is C13H22ClN3O2S. The normalized spacial score (nSPS) is 13.2. The molecule has 0 saturated carbocycles. The van der Waals surface area contributed by atoms with Gasteiger partial charge >= 0.3 is 0 Å². The number of halogens is 1. The summed E-state index contributed by atoms with van der Waals surface area (Å²) < 4.78 is 0. The zero-order valence-electron chi connectivity index (χ0n) is 11.9. The van der Waals surface area contributed by atoms with Crippen molar-refractivity contribution in [3.63, 3.8) is 0 Å². The van der Waals surface area contributed by atoms with Crippen LogP contribution in [0.25, 0.3) is 0 Å². The molecule has 0 aliphatic carbocycles. The zero-order valence-corrected chi connectivity index (χ0v) is 13.5. The van der Waals surface area contributed by atoms with Crippen LogP contribution in [0, 0.1) is 5.92 Å². The van der Waals surface area contributed by atoms with Gasteiger partial charge in [-0.1, -0.05) is 19.9 Å². The highest BCUT2D eigenvalue weighted by molar-refractivity contribution is 7.12. The molecule has 0 spiro atoms. The first-order valence-electron chi connectivity index (χ1n) is 6.30. The van der Waals surface area contributed by atoms with Gasteiger partial charge in [0, 0.05) is 12.6 Å². The number of hydrogen-bond acceptors (Lipinski definition) is 4. The Morgan fingerprint density at radius 2 is 1.95 bits per heavy atom. The predicted molar refractivity (Wildman–Crippen MR) is 84.3 cm³/mol. The third-order valence-electron chi connectivity index (χ3n) is 2.72. The molecule has 2 amide bonds. The number of thiophene rings is 1. The molecule has 1 rings (SSSR count). The molecule has 4 N–H and O–H groups in total. The standard InChI is InChI=1S/C13H21N3O2S.ClH/c1-8(2)11(13(18)15-9(3)7-14)16-12(17)10-5-4-6-19-10;/h4-6,8-9,11H,7,14H2,1-3H3,(H,15,18)(H,16,17);1H/t9-,11?;/m0./s1. The van der Waals surface area contributed by atoms with Crippen LogP contribution in [-0.2, 0) is 4.79 Å². The summed E-state index contributed by atoms with van der Waals surface area (Å²) in [6, 6.07) is 2.88. The lowest BCUT2D eigenvalue weighted by molar-refractivity contribution is -0.124. The van der Waals surface area contributed by atoms with Crippen molar-refractivity contribution in [3.8, 4) is 0 Å². The Balaban J connectivity index is 0.00000361. The van der Waals surface area contributed by atoms with Crippen LogP contribution in [0.1, 0.15) is 30.4 Å². The molecule has 2 atom stereocenters. The van der Waals surface area contributed by atoms with Crippen LogP contribution < -0.4 is 16.4 Å². The average molecular weight is 320 g/mol. The van der Waals surface area contributed by atoms with Crippen LogP contribution >= 0.6 is 23.7 Å². The molecule has 0 fully saturated rings. The summed E-state index contributed by atoms with van der Waals surface area (Å²) in [6.07, 6.45) is 0. The lowest BCUT2D eigenvalue weighted by atomic mass is 10.0. The summed E-state index contributed by atoms with van der Waals surface area (Å²) in [5.41, 5.74) is 5.47. The first-order chi connectivity index (χ1) is 8.95. The molecule has 0 aliphatic rings. The van der Waals surface area contributed by atoms with Gasteiger partial charge < -0.3 is 16.4 Å². The molecule has 7 heteroatoms. The Labute approximate surface area is 129 Å². The maximum absolute atomic E-state index is 12.1. The molecule has 0 aliphatic heterocycles. The van der Waals surface area contributed by atoms with E-state index in [1.54, 1.807) is 12.1 Å². The van der Waals surface area contributed by atoms with Gasteiger partial charge in [-0.05, 0) is 24.3 Å². The molecule has 1 unspecified atom stereocenters. The van der Waals surface area contributed by atoms with Crippen molar-refractivity contribution >= 4 is 35.6 Å². The quantitative estimate of drug-likeness (QED) is 0.740. The maximum Gasteiger partial charge on any atom is 0.262 e. The van der Waals surface area contributed by atoms with E-state index in [4.69, 9.17) is 5.73 Å². The molecule has 1 aromatic heterocycles. The van der Waals surface area contributed by atoms with Gasteiger partial charge in [-0.2, -0.15) is 0 Å². The van der Waals surface area contributed by atoms with Crippen LogP contribution in [0.5, 0.6) is 0 Å². The predicted octanol–water partition coefficient (Wildman–Crippen LogP) is 1.39. The topological polar surface area (TPSA) is 84.2 Å². The molecule has 0 bridgehead atoms. The van der Waals surface area contributed by atoms with Crippen molar-refractivity contribution in [2.75, 3.05) is 6.54 Å². The molecule has 0 aromatic carbocycles. The van der Waals surface area contributed by atoms with Crippen molar-refractivity contribution in [2.24, 2.45) is 11.7 Å². The summed E-state index contributed by atoms with van der Waals surface area (Å²) in [5.74, 6) is -0.406. The van der Waals surface area contributed by atoms with Crippen LogP contribution in [0.2, 0.25) is 0 Å². The van der Waals surface area contributed by atoms with Gasteiger partial charge in [0.15, 0.2) is 0 Å². The van der Waals surface area contributed by atoms with Crippen molar-refractivity contribution in [3.05, 3.63) is 22.4 Å². The SMILES string of the molecule is CC(C)C(NC(=O)c1cccs1)C(=O)N[C@@H](C)CN.Cl. The number of carbonyl (C=O) groups excluding carboxylic acids is 2. The lowest BCUT2D eigenvalue weighted by Crippen LogP contribution is -2.52. The van der Waals surface area contributed by atoms with Crippen molar-refractivity contribution in [1.82, 2.24) is 10.6 Å². The van der Waals surface area contributed by atoms with E-state index in [1.165, 1.54) is 11.3 Å². The number of hydrogen-bond donors (Lipinski definition) is 3. The molecule has 0 radical (unpaired) electrons. The summed E-state index contributed by atoms with van der Waals surface area (Å²) >= 11 is 1.35.